The number of benzene rings is 1. The predicted molar refractivity (Wildman–Crippen MR) is 123 cm³/mol. The van der Waals surface area contributed by atoms with Crippen molar-refractivity contribution in [3.8, 4) is 5.69 Å². The van der Waals surface area contributed by atoms with Crippen LogP contribution in [0.4, 0.5) is 4.79 Å². The highest BCUT2D eigenvalue weighted by atomic mass is 35.5. The minimum atomic E-state index is -0.578. The lowest BCUT2D eigenvalue weighted by Crippen LogP contribution is -2.40. The molecule has 1 saturated heterocycles. The van der Waals surface area contributed by atoms with Gasteiger partial charge in [-0.3, -0.25) is 9.47 Å². The highest BCUT2D eigenvalue weighted by Gasteiger charge is 2.34. The van der Waals surface area contributed by atoms with E-state index in [4.69, 9.17) is 25.8 Å². The topological polar surface area (TPSA) is 78.7 Å². The molecule has 2 fully saturated rings. The van der Waals surface area contributed by atoms with Gasteiger partial charge in [-0.2, -0.15) is 0 Å². The fraction of sp³-hybridized carbons (Fsp3) is 0.625. The first-order valence-corrected chi connectivity index (χ1v) is 12.1. The fourth-order valence-electron chi connectivity index (χ4n) is 4.77. The van der Waals surface area contributed by atoms with Gasteiger partial charge >= 0.3 is 6.09 Å². The molecule has 1 aromatic heterocycles. The van der Waals surface area contributed by atoms with Crippen LogP contribution in [0.5, 0.6) is 0 Å². The van der Waals surface area contributed by atoms with E-state index in [9.17, 15) is 4.79 Å². The third-order valence-electron chi connectivity index (χ3n) is 6.41. The summed E-state index contributed by atoms with van der Waals surface area (Å²) in [5, 5.41) is 9.75. The third kappa shape index (κ3) is 4.88. The Bertz CT molecular complexity index is 1020. The van der Waals surface area contributed by atoms with Gasteiger partial charge in [-0.1, -0.05) is 11.6 Å². The van der Waals surface area contributed by atoms with Crippen molar-refractivity contribution in [1.29, 1.82) is 0 Å². The Morgan fingerprint density at radius 1 is 1.09 bits per heavy atom. The van der Waals surface area contributed by atoms with Crippen molar-refractivity contribution < 1.29 is 19.0 Å². The van der Waals surface area contributed by atoms with E-state index in [0.29, 0.717) is 37.2 Å². The van der Waals surface area contributed by atoms with Crippen molar-refractivity contribution in [3.05, 3.63) is 40.4 Å². The van der Waals surface area contributed by atoms with Gasteiger partial charge in [-0.15, -0.1) is 10.2 Å². The third-order valence-corrected chi connectivity index (χ3v) is 6.65. The van der Waals surface area contributed by atoms with Gasteiger partial charge in [0.1, 0.15) is 17.5 Å². The van der Waals surface area contributed by atoms with E-state index in [-0.39, 0.29) is 18.3 Å². The molecule has 1 amide bonds. The predicted octanol–water partition coefficient (Wildman–Crippen LogP) is 4.61. The number of carbonyl (C=O) groups excluding carboxylic acids is 1. The Hall–Kier alpha value is -2.16. The SMILES string of the molecule is CC(C)(C)OC(=O)N1Cc2cc(Cl)ccc2-n2c(nnc2[C@H]2CC[C@H](OC3COC3)CC2)C1. The van der Waals surface area contributed by atoms with Crippen molar-refractivity contribution in [2.24, 2.45) is 0 Å². The number of ether oxygens (including phenoxy) is 3. The maximum atomic E-state index is 12.9. The fourth-order valence-corrected chi connectivity index (χ4v) is 4.96. The Morgan fingerprint density at radius 3 is 2.52 bits per heavy atom. The number of carbonyl (C=O) groups is 1. The summed E-state index contributed by atoms with van der Waals surface area (Å²) >= 11 is 6.33. The molecule has 0 atom stereocenters. The van der Waals surface area contributed by atoms with Crippen molar-refractivity contribution in [2.75, 3.05) is 13.2 Å². The molecule has 9 heteroatoms. The van der Waals surface area contributed by atoms with E-state index in [1.165, 1.54) is 0 Å². The van der Waals surface area contributed by atoms with Crippen molar-refractivity contribution in [1.82, 2.24) is 19.7 Å². The summed E-state index contributed by atoms with van der Waals surface area (Å²) in [5.41, 5.74) is 1.35. The standard InChI is InChI=1S/C24H31ClN4O4/c1-24(2,3)33-23(30)28-11-16-10-17(25)6-9-20(16)29-21(12-28)26-27-22(29)15-4-7-18(8-5-15)32-19-13-31-14-19/h6,9-10,15,18-19H,4-5,7-8,11-14H2,1-3H3/t15-,18-. The van der Waals surface area contributed by atoms with E-state index in [0.717, 1.165) is 48.6 Å². The summed E-state index contributed by atoms with van der Waals surface area (Å²) in [4.78, 5) is 14.6. The number of amides is 1. The first-order valence-electron chi connectivity index (χ1n) is 11.7. The van der Waals surface area contributed by atoms with E-state index in [1.54, 1.807) is 4.90 Å². The van der Waals surface area contributed by atoms with Crippen LogP contribution in [0.15, 0.2) is 18.2 Å². The normalized spacial score (nSPS) is 23.3. The summed E-state index contributed by atoms with van der Waals surface area (Å²) < 4.78 is 19.1. The Labute approximate surface area is 199 Å². The summed E-state index contributed by atoms with van der Waals surface area (Å²) in [6.07, 6.45) is 4.16. The van der Waals surface area contributed by atoms with Crippen LogP contribution >= 0.6 is 11.6 Å². The number of hydrogen-bond acceptors (Lipinski definition) is 6. The largest absolute Gasteiger partial charge is 0.444 e. The zero-order chi connectivity index (χ0) is 23.2. The zero-order valence-electron chi connectivity index (χ0n) is 19.4. The molecule has 178 valence electrons. The molecule has 3 heterocycles. The Balaban J connectivity index is 1.41. The molecule has 0 unspecified atom stereocenters. The lowest BCUT2D eigenvalue weighted by Gasteiger charge is -2.34. The van der Waals surface area contributed by atoms with Gasteiger partial charge < -0.3 is 14.2 Å². The number of halogens is 1. The van der Waals surface area contributed by atoms with Crippen LogP contribution in [0.2, 0.25) is 5.02 Å². The number of rotatable bonds is 3. The number of fused-ring (bicyclic) bond motifs is 3. The van der Waals surface area contributed by atoms with E-state index < -0.39 is 5.60 Å². The molecule has 0 spiro atoms. The molecule has 0 N–H and O–H groups in total. The van der Waals surface area contributed by atoms with Gasteiger partial charge in [0.15, 0.2) is 5.82 Å². The van der Waals surface area contributed by atoms with Gasteiger partial charge in [0.05, 0.1) is 38.1 Å². The van der Waals surface area contributed by atoms with Crippen molar-refractivity contribution in [3.63, 3.8) is 0 Å². The lowest BCUT2D eigenvalue weighted by atomic mass is 9.86. The molecule has 1 aliphatic carbocycles. The smallest absolute Gasteiger partial charge is 0.411 e. The quantitative estimate of drug-likeness (QED) is 0.646. The zero-order valence-corrected chi connectivity index (χ0v) is 20.2. The number of hydrogen-bond donors (Lipinski definition) is 0. The number of nitrogens with zero attached hydrogens (tertiary/aromatic N) is 4. The minimum Gasteiger partial charge on any atom is -0.444 e. The summed E-state index contributed by atoms with van der Waals surface area (Å²) in [7, 11) is 0. The first-order chi connectivity index (χ1) is 15.8. The molecule has 5 rings (SSSR count). The summed E-state index contributed by atoms with van der Waals surface area (Å²) in [6, 6.07) is 5.79. The molecule has 0 bridgehead atoms. The van der Waals surface area contributed by atoms with Crippen molar-refractivity contribution >= 4 is 17.7 Å². The molecule has 2 aliphatic heterocycles. The van der Waals surface area contributed by atoms with Crippen LogP contribution in [0.25, 0.3) is 5.69 Å². The Morgan fingerprint density at radius 2 is 1.85 bits per heavy atom. The van der Waals surface area contributed by atoms with Crippen LogP contribution in [-0.4, -0.2) is 56.8 Å². The summed E-state index contributed by atoms with van der Waals surface area (Å²) in [5.74, 6) is 1.98. The molecular formula is C24H31ClN4O4. The van der Waals surface area contributed by atoms with Gasteiger partial charge in [0.2, 0.25) is 0 Å². The molecular weight excluding hydrogens is 444 g/mol. The monoisotopic (exact) mass is 474 g/mol. The second-order valence-electron chi connectivity index (χ2n) is 10.2. The molecule has 3 aliphatic rings. The second kappa shape index (κ2) is 8.89. The first kappa shape index (κ1) is 22.6. The molecule has 1 aromatic carbocycles. The van der Waals surface area contributed by atoms with Gasteiger partial charge in [0.25, 0.3) is 0 Å². The summed E-state index contributed by atoms with van der Waals surface area (Å²) in [6.45, 7) is 7.76. The van der Waals surface area contributed by atoms with Gasteiger partial charge in [0, 0.05) is 10.9 Å². The van der Waals surface area contributed by atoms with Crippen molar-refractivity contribution in [2.45, 2.75) is 83.3 Å². The number of aromatic nitrogens is 3. The van der Waals surface area contributed by atoms with E-state index >= 15 is 0 Å². The maximum absolute atomic E-state index is 12.9. The van der Waals surface area contributed by atoms with E-state index in [2.05, 4.69) is 14.8 Å². The average molecular weight is 475 g/mol. The second-order valence-corrected chi connectivity index (χ2v) is 10.6. The highest BCUT2D eigenvalue weighted by Crippen LogP contribution is 2.37. The van der Waals surface area contributed by atoms with E-state index in [1.807, 2.05) is 39.0 Å². The highest BCUT2D eigenvalue weighted by molar-refractivity contribution is 6.30. The molecule has 8 nitrogen and oxygen atoms in total. The van der Waals surface area contributed by atoms with Crippen LogP contribution in [0.3, 0.4) is 0 Å². The Kier molecular flexibility index (Phi) is 6.09. The van der Waals surface area contributed by atoms with Gasteiger partial charge in [-0.05, 0) is 70.2 Å². The van der Waals surface area contributed by atoms with Crippen LogP contribution in [-0.2, 0) is 27.3 Å². The minimum absolute atomic E-state index is 0.256. The van der Waals surface area contributed by atoms with Crippen LogP contribution < -0.4 is 0 Å². The van der Waals surface area contributed by atoms with Crippen LogP contribution in [0.1, 0.15) is 69.6 Å². The van der Waals surface area contributed by atoms with Gasteiger partial charge in [-0.25, -0.2) is 4.79 Å². The lowest BCUT2D eigenvalue weighted by molar-refractivity contribution is -0.160. The van der Waals surface area contributed by atoms with Crippen LogP contribution in [0, 0.1) is 0 Å². The maximum Gasteiger partial charge on any atom is 0.411 e. The molecule has 0 radical (unpaired) electrons. The molecule has 1 saturated carbocycles. The molecule has 2 aromatic rings. The molecule has 33 heavy (non-hydrogen) atoms. The average Bonchev–Trinajstić information content (AvgIpc) is 3.05.